The van der Waals surface area contributed by atoms with Crippen LogP contribution < -0.4 is 0 Å². The highest BCUT2D eigenvalue weighted by Gasteiger charge is 2.29. The fourth-order valence-corrected chi connectivity index (χ4v) is 3.29. The van der Waals surface area contributed by atoms with Crippen LogP contribution >= 0.6 is 0 Å². The van der Waals surface area contributed by atoms with Crippen LogP contribution in [0.25, 0.3) is 0 Å². The molecule has 1 amide bonds. The first-order valence-electron chi connectivity index (χ1n) is 7.18. The molecule has 1 aliphatic heterocycles. The molecular weight excluding hydrogens is 228 g/mol. The highest BCUT2D eigenvalue weighted by Crippen LogP contribution is 2.26. The molecule has 1 saturated carbocycles. The van der Waals surface area contributed by atoms with Gasteiger partial charge >= 0.3 is 0 Å². The number of carbonyl (C=O) groups excluding carboxylic acids is 1. The van der Waals surface area contributed by atoms with E-state index >= 15 is 0 Å². The summed E-state index contributed by atoms with van der Waals surface area (Å²) in [6, 6.07) is 0. The number of nitrogens with zero attached hydrogens (tertiary/aromatic N) is 2. The summed E-state index contributed by atoms with van der Waals surface area (Å²) in [5, 5.41) is 9.48. The predicted molar refractivity (Wildman–Crippen MR) is 71.2 cm³/mol. The largest absolute Gasteiger partial charge is 0.393 e. The molecule has 1 aliphatic carbocycles. The number of likely N-dealkylation sites (tertiary alicyclic amines) is 1. The number of hydrogen-bond donors (Lipinski definition) is 1. The van der Waals surface area contributed by atoms with Gasteiger partial charge in [-0.2, -0.15) is 0 Å². The number of aliphatic hydroxyl groups is 1. The molecule has 2 rings (SSSR count). The lowest BCUT2D eigenvalue weighted by atomic mass is 9.86. The van der Waals surface area contributed by atoms with Crippen molar-refractivity contribution < 1.29 is 9.90 Å². The Morgan fingerprint density at radius 1 is 1.28 bits per heavy atom. The van der Waals surface area contributed by atoms with E-state index in [-0.39, 0.29) is 17.9 Å². The second-order valence-corrected chi connectivity index (χ2v) is 6.14. The summed E-state index contributed by atoms with van der Waals surface area (Å²) >= 11 is 0. The zero-order valence-corrected chi connectivity index (χ0v) is 11.6. The van der Waals surface area contributed by atoms with Crippen LogP contribution in [0.5, 0.6) is 0 Å². The van der Waals surface area contributed by atoms with E-state index < -0.39 is 0 Å². The molecule has 0 aromatic heterocycles. The lowest BCUT2D eigenvalue weighted by Crippen LogP contribution is -2.38. The van der Waals surface area contributed by atoms with Crippen LogP contribution in [0, 0.1) is 11.8 Å². The van der Waals surface area contributed by atoms with Crippen LogP contribution in [0.2, 0.25) is 0 Å². The summed E-state index contributed by atoms with van der Waals surface area (Å²) in [6.45, 7) is 3.16. The SMILES string of the molecule is CN1CCC(CN(C)C(=O)C2CCC(O)CC2)C1. The number of aliphatic hydroxyl groups excluding tert-OH is 1. The summed E-state index contributed by atoms with van der Waals surface area (Å²) in [6.07, 6.45) is 4.32. The van der Waals surface area contributed by atoms with Gasteiger partial charge in [0.25, 0.3) is 0 Å². The van der Waals surface area contributed by atoms with Crippen LogP contribution in [0.3, 0.4) is 0 Å². The molecular formula is C14H26N2O2. The second-order valence-electron chi connectivity index (χ2n) is 6.14. The van der Waals surface area contributed by atoms with Crippen molar-refractivity contribution in [3.05, 3.63) is 0 Å². The van der Waals surface area contributed by atoms with E-state index in [1.54, 1.807) is 0 Å². The number of amides is 1. The van der Waals surface area contributed by atoms with Crippen molar-refractivity contribution in [2.75, 3.05) is 33.7 Å². The molecule has 4 heteroatoms. The van der Waals surface area contributed by atoms with Crippen molar-refractivity contribution >= 4 is 5.91 Å². The Balaban J connectivity index is 1.77. The minimum Gasteiger partial charge on any atom is -0.393 e. The third kappa shape index (κ3) is 3.45. The van der Waals surface area contributed by atoms with E-state index in [4.69, 9.17) is 0 Å². The summed E-state index contributed by atoms with van der Waals surface area (Å²) in [5.41, 5.74) is 0. The number of hydrogen-bond acceptors (Lipinski definition) is 3. The summed E-state index contributed by atoms with van der Waals surface area (Å²) in [5.74, 6) is 1.08. The van der Waals surface area contributed by atoms with E-state index in [0.717, 1.165) is 45.3 Å². The lowest BCUT2D eigenvalue weighted by molar-refractivity contribution is -0.136. The maximum Gasteiger partial charge on any atom is 0.225 e. The van der Waals surface area contributed by atoms with Gasteiger partial charge < -0.3 is 14.9 Å². The van der Waals surface area contributed by atoms with Gasteiger partial charge in [0.2, 0.25) is 5.91 Å². The molecule has 1 unspecified atom stereocenters. The zero-order chi connectivity index (χ0) is 13.1. The molecule has 0 radical (unpaired) electrons. The minimum absolute atomic E-state index is 0.150. The van der Waals surface area contributed by atoms with Crippen LogP contribution in [0.1, 0.15) is 32.1 Å². The molecule has 1 atom stereocenters. The maximum atomic E-state index is 12.3. The van der Waals surface area contributed by atoms with Gasteiger partial charge in [0.1, 0.15) is 0 Å². The molecule has 18 heavy (non-hydrogen) atoms. The molecule has 0 spiro atoms. The first kappa shape index (κ1) is 13.8. The third-order valence-corrected chi connectivity index (χ3v) is 4.44. The smallest absolute Gasteiger partial charge is 0.225 e. The Morgan fingerprint density at radius 2 is 1.94 bits per heavy atom. The Bertz CT molecular complexity index is 288. The topological polar surface area (TPSA) is 43.8 Å². The molecule has 104 valence electrons. The van der Waals surface area contributed by atoms with Crippen LogP contribution in [-0.4, -0.2) is 60.6 Å². The standard InChI is InChI=1S/C14H26N2O2/c1-15-8-7-11(9-15)10-16(2)14(18)12-3-5-13(17)6-4-12/h11-13,17H,3-10H2,1-2H3. The highest BCUT2D eigenvalue weighted by atomic mass is 16.3. The highest BCUT2D eigenvalue weighted by molar-refractivity contribution is 5.78. The van der Waals surface area contributed by atoms with Crippen LogP contribution in [0.15, 0.2) is 0 Å². The van der Waals surface area contributed by atoms with Gasteiger partial charge in [0.15, 0.2) is 0 Å². The van der Waals surface area contributed by atoms with Gasteiger partial charge in [-0.15, -0.1) is 0 Å². The molecule has 1 heterocycles. The number of carbonyl (C=O) groups is 1. The Morgan fingerprint density at radius 3 is 2.50 bits per heavy atom. The molecule has 0 bridgehead atoms. The van der Waals surface area contributed by atoms with Crippen molar-refractivity contribution in [2.24, 2.45) is 11.8 Å². The summed E-state index contributed by atoms with van der Waals surface area (Å²) in [7, 11) is 4.08. The van der Waals surface area contributed by atoms with Gasteiger partial charge in [0.05, 0.1) is 6.10 Å². The predicted octanol–water partition coefficient (Wildman–Crippen LogP) is 0.948. The van der Waals surface area contributed by atoms with E-state index in [9.17, 15) is 9.90 Å². The van der Waals surface area contributed by atoms with Crippen molar-refractivity contribution in [1.29, 1.82) is 0 Å². The molecule has 0 aromatic carbocycles. The minimum atomic E-state index is -0.178. The molecule has 0 aromatic rings. The third-order valence-electron chi connectivity index (χ3n) is 4.44. The Kier molecular flexibility index (Phi) is 4.62. The molecule has 2 aliphatic rings. The Labute approximate surface area is 110 Å². The first-order chi connectivity index (χ1) is 8.56. The zero-order valence-electron chi connectivity index (χ0n) is 11.6. The van der Waals surface area contributed by atoms with Crippen molar-refractivity contribution in [3.63, 3.8) is 0 Å². The van der Waals surface area contributed by atoms with Gasteiger partial charge in [0, 0.05) is 26.1 Å². The van der Waals surface area contributed by atoms with E-state index in [1.165, 1.54) is 6.42 Å². The molecule has 2 fully saturated rings. The van der Waals surface area contributed by atoms with Crippen molar-refractivity contribution in [3.8, 4) is 0 Å². The second kappa shape index (κ2) is 6.02. The first-order valence-corrected chi connectivity index (χ1v) is 7.18. The monoisotopic (exact) mass is 254 g/mol. The van der Waals surface area contributed by atoms with Crippen LogP contribution in [-0.2, 0) is 4.79 Å². The average Bonchev–Trinajstić information content (AvgIpc) is 2.75. The van der Waals surface area contributed by atoms with E-state index in [0.29, 0.717) is 5.92 Å². The molecule has 4 nitrogen and oxygen atoms in total. The van der Waals surface area contributed by atoms with E-state index in [1.807, 2.05) is 11.9 Å². The molecule has 1 saturated heterocycles. The fourth-order valence-electron chi connectivity index (χ4n) is 3.29. The van der Waals surface area contributed by atoms with Gasteiger partial charge in [-0.3, -0.25) is 4.79 Å². The average molecular weight is 254 g/mol. The fraction of sp³-hybridized carbons (Fsp3) is 0.929. The van der Waals surface area contributed by atoms with Crippen LogP contribution in [0.4, 0.5) is 0 Å². The normalized spacial score (nSPS) is 33.6. The Hall–Kier alpha value is -0.610. The van der Waals surface area contributed by atoms with Gasteiger partial charge in [-0.25, -0.2) is 0 Å². The summed E-state index contributed by atoms with van der Waals surface area (Å²) in [4.78, 5) is 16.6. The quantitative estimate of drug-likeness (QED) is 0.815. The van der Waals surface area contributed by atoms with Crippen molar-refractivity contribution in [1.82, 2.24) is 9.80 Å². The van der Waals surface area contributed by atoms with Gasteiger partial charge in [-0.1, -0.05) is 0 Å². The summed E-state index contributed by atoms with van der Waals surface area (Å²) < 4.78 is 0. The van der Waals surface area contributed by atoms with Gasteiger partial charge in [-0.05, 0) is 51.6 Å². The molecule has 1 N–H and O–H groups in total. The van der Waals surface area contributed by atoms with Crippen molar-refractivity contribution in [2.45, 2.75) is 38.2 Å². The van der Waals surface area contributed by atoms with E-state index in [2.05, 4.69) is 11.9 Å². The maximum absolute atomic E-state index is 12.3. The number of rotatable bonds is 3. The lowest BCUT2D eigenvalue weighted by Gasteiger charge is -2.29.